The van der Waals surface area contributed by atoms with Gasteiger partial charge in [-0.3, -0.25) is 0 Å². The summed E-state index contributed by atoms with van der Waals surface area (Å²) in [5, 5.41) is 0. The highest BCUT2D eigenvalue weighted by molar-refractivity contribution is 9.10. The number of fused-ring (bicyclic) bond motifs is 1. The zero-order valence-electron chi connectivity index (χ0n) is 9.06. The van der Waals surface area contributed by atoms with Gasteiger partial charge in [0, 0.05) is 15.6 Å². The first kappa shape index (κ1) is 10.5. The van der Waals surface area contributed by atoms with Crippen molar-refractivity contribution in [3.8, 4) is 0 Å². The lowest BCUT2D eigenvalue weighted by Crippen LogP contribution is -2.10. The van der Waals surface area contributed by atoms with Crippen LogP contribution in [0.4, 0.5) is 5.69 Å². The van der Waals surface area contributed by atoms with Crippen LogP contribution in [0, 0.1) is 0 Å². The molecular formula is C14H10BrNO. The van der Waals surface area contributed by atoms with Crippen molar-refractivity contribution in [1.82, 2.24) is 0 Å². The van der Waals surface area contributed by atoms with Gasteiger partial charge in [-0.15, -0.1) is 0 Å². The molecule has 0 radical (unpaired) electrons. The predicted molar refractivity (Wildman–Crippen MR) is 71.6 cm³/mol. The van der Waals surface area contributed by atoms with E-state index in [-0.39, 0.29) is 0 Å². The number of aliphatic imine (C=N–C) groups is 1. The first-order chi connectivity index (χ1) is 8.33. The van der Waals surface area contributed by atoms with Gasteiger partial charge >= 0.3 is 0 Å². The Morgan fingerprint density at radius 2 is 1.76 bits per heavy atom. The molecule has 2 nitrogen and oxygen atoms in total. The number of para-hydroxylation sites is 1. The maximum Gasteiger partial charge on any atom is 0.221 e. The summed E-state index contributed by atoms with van der Waals surface area (Å²) in [7, 11) is 0. The van der Waals surface area contributed by atoms with Crippen LogP contribution in [0.15, 0.2) is 58.0 Å². The fourth-order valence-electron chi connectivity index (χ4n) is 1.77. The first-order valence-electron chi connectivity index (χ1n) is 5.38. The summed E-state index contributed by atoms with van der Waals surface area (Å²) in [6.45, 7) is 0.588. The van der Waals surface area contributed by atoms with Gasteiger partial charge in [-0.2, -0.15) is 0 Å². The molecule has 2 aromatic rings. The largest absolute Gasteiger partial charge is 0.472 e. The minimum absolute atomic E-state index is 0.588. The second-order valence-corrected chi connectivity index (χ2v) is 4.76. The SMILES string of the molecule is Brc1ccc(C2=Nc3ccccc3CO2)cc1. The number of hydrogen-bond acceptors (Lipinski definition) is 2. The standard InChI is InChI=1S/C14H10BrNO/c15-12-7-5-10(6-8-12)14-16-13-4-2-1-3-11(13)9-17-14/h1-8H,9H2. The quantitative estimate of drug-likeness (QED) is 0.775. The van der Waals surface area contributed by atoms with E-state index >= 15 is 0 Å². The number of nitrogens with zero attached hydrogens (tertiary/aromatic N) is 1. The average molecular weight is 288 g/mol. The third-order valence-electron chi connectivity index (χ3n) is 2.67. The summed E-state index contributed by atoms with van der Waals surface area (Å²) in [5.41, 5.74) is 3.13. The van der Waals surface area contributed by atoms with Crippen molar-refractivity contribution in [2.45, 2.75) is 6.61 Å². The molecule has 0 spiro atoms. The van der Waals surface area contributed by atoms with Crippen LogP contribution in [0.5, 0.6) is 0 Å². The van der Waals surface area contributed by atoms with Crippen molar-refractivity contribution in [3.63, 3.8) is 0 Å². The Hall–Kier alpha value is -1.61. The predicted octanol–water partition coefficient (Wildman–Crippen LogP) is 4.06. The van der Waals surface area contributed by atoms with E-state index in [1.54, 1.807) is 0 Å². The lowest BCUT2D eigenvalue weighted by atomic mass is 10.1. The molecule has 0 atom stereocenters. The second kappa shape index (κ2) is 4.34. The van der Waals surface area contributed by atoms with Gasteiger partial charge in [0.05, 0.1) is 5.69 Å². The topological polar surface area (TPSA) is 21.6 Å². The van der Waals surface area contributed by atoms with Crippen molar-refractivity contribution >= 4 is 27.5 Å². The number of ether oxygens (including phenoxy) is 1. The van der Waals surface area contributed by atoms with Crippen LogP contribution in [0.1, 0.15) is 11.1 Å². The zero-order chi connectivity index (χ0) is 11.7. The summed E-state index contributed by atoms with van der Waals surface area (Å²) in [4.78, 5) is 4.52. The summed E-state index contributed by atoms with van der Waals surface area (Å²) < 4.78 is 6.72. The van der Waals surface area contributed by atoms with Gasteiger partial charge in [-0.05, 0) is 30.3 Å². The van der Waals surface area contributed by atoms with Crippen LogP contribution >= 0.6 is 15.9 Å². The molecule has 0 fully saturated rings. The van der Waals surface area contributed by atoms with Crippen LogP contribution in [-0.2, 0) is 11.3 Å². The van der Waals surface area contributed by atoms with Crippen molar-refractivity contribution in [3.05, 3.63) is 64.1 Å². The summed E-state index contributed by atoms with van der Waals surface area (Å²) in [5.74, 6) is 0.691. The lowest BCUT2D eigenvalue weighted by molar-refractivity contribution is 0.288. The Labute approximate surface area is 108 Å². The number of rotatable bonds is 1. The maximum atomic E-state index is 5.67. The number of hydrogen-bond donors (Lipinski definition) is 0. The first-order valence-corrected chi connectivity index (χ1v) is 6.17. The summed E-state index contributed by atoms with van der Waals surface area (Å²) in [6, 6.07) is 16.0. The van der Waals surface area contributed by atoms with Crippen LogP contribution in [0.25, 0.3) is 0 Å². The zero-order valence-corrected chi connectivity index (χ0v) is 10.6. The molecule has 1 heterocycles. The number of benzene rings is 2. The smallest absolute Gasteiger partial charge is 0.221 e. The highest BCUT2D eigenvalue weighted by Crippen LogP contribution is 2.26. The lowest BCUT2D eigenvalue weighted by Gasteiger charge is -2.16. The highest BCUT2D eigenvalue weighted by Gasteiger charge is 2.13. The minimum atomic E-state index is 0.588. The van der Waals surface area contributed by atoms with Crippen LogP contribution < -0.4 is 0 Å². The van der Waals surface area contributed by atoms with E-state index in [0.717, 1.165) is 21.3 Å². The maximum absolute atomic E-state index is 5.67. The average Bonchev–Trinajstić information content (AvgIpc) is 2.39. The van der Waals surface area contributed by atoms with E-state index in [9.17, 15) is 0 Å². The second-order valence-electron chi connectivity index (χ2n) is 3.84. The van der Waals surface area contributed by atoms with Gasteiger partial charge in [-0.1, -0.05) is 34.1 Å². The van der Waals surface area contributed by atoms with E-state index in [2.05, 4.69) is 20.9 Å². The van der Waals surface area contributed by atoms with Crippen molar-refractivity contribution in [2.75, 3.05) is 0 Å². The Bertz CT molecular complexity index is 575. The Balaban J connectivity index is 2.01. The fraction of sp³-hybridized carbons (Fsp3) is 0.0714. The molecule has 2 aromatic carbocycles. The van der Waals surface area contributed by atoms with Crippen LogP contribution in [0.2, 0.25) is 0 Å². The van der Waals surface area contributed by atoms with E-state index in [1.807, 2.05) is 48.5 Å². The third kappa shape index (κ3) is 2.11. The molecule has 0 aliphatic carbocycles. The molecular weight excluding hydrogens is 278 g/mol. The molecule has 0 aromatic heterocycles. The van der Waals surface area contributed by atoms with Crippen LogP contribution in [-0.4, -0.2) is 5.90 Å². The van der Waals surface area contributed by atoms with E-state index in [0.29, 0.717) is 12.5 Å². The molecule has 3 rings (SSSR count). The highest BCUT2D eigenvalue weighted by atomic mass is 79.9. The molecule has 0 N–H and O–H groups in total. The molecule has 0 saturated heterocycles. The molecule has 1 aliphatic heterocycles. The third-order valence-corrected chi connectivity index (χ3v) is 3.20. The summed E-state index contributed by atoms with van der Waals surface area (Å²) in [6.07, 6.45) is 0. The van der Waals surface area contributed by atoms with Crippen molar-refractivity contribution < 1.29 is 4.74 Å². The molecule has 0 saturated carbocycles. The molecule has 0 amide bonds. The van der Waals surface area contributed by atoms with Crippen molar-refractivity contribution in [2.24, 2.45) is 4.99 Å². The molecule has 0 unspecified atom stereocenters. The molecule has 84 valence electrons. The molecule has 1 aliphatic rings. The van der Waals surface area contributed by atoms with Gasteiger partial charge < -0.3 is 4.74 Å². The Kier molecular flexibility index (Phi) is 2.69. The molecule has 3 heteroatoms. The Morgan fingerprint density at radius 3 is 2.59 bits per heavy atom. The van der Waals surface area contributed by atoms with E-state index < -0.39 is 0 Å². The minimum Gasteiger partial charge on any atom is -0.472 e. The molecule has 17 heavy (non-hydrogen) atoms. The van der Waals surface area contributed by atoms with E-state index in [1.165, 1.54) is 0 Å². The monoisotopic (exact) mass is 287 g/mol. The normalized spacial score (nSPS) is 13.6. The molecule has 0 bridgehead atoms. The van der Waals surface area contributed by atoms with Gasteiger partial charge in [0.2, 0.25) is 5.90 Å². The fourth-order valence-corrected chi connectivity index (χ4v) is 2.03. The summed E-state index contributed by atoms with van der Waals surface area (Å²) >= 11 is 3.41. The van der Waals surface area contributed by atoms with Gasteiger partial charge in [0.1, 0.15) is 6.61 Å². The van der Waals surface area contributed by atoms with Crippen LogP contribution in [0.3, 0.4) is 0 Å². The Morgan fingerprint density at radius 1 is 1.00 bits per heavy atom. The van der Waals surface area contributed by atoms with Gasteiger partial charge in [-0.25, -0.2) is 4.99 Å². The van der Waals surface area contributed by atoms with Crippen molar-refractivity contribution in [1.29, 1.82) is 0 Å². The van der Waals surface area contributed by atoms with Gasteiger partial charge in [0.25, 0.3) is 0 Å². The number of halogens is 1. The van der Waals surface area contributed by atoms with Gasteiger partial charge in [0.15, 0.2) is 0 Å². The van der Waals surface area contributed by atoms with E-state index in [4.69, 9.17) is 4.74 Å².